The molecule has 140 valence electrons. The van der Waals surface area contributed by atoms with Crippen molar-refractivity contribution < 1.29 is 18.0 Å². The summed E-state index contributed by atoms with van der Waals surface area (Å²) in [5.74, 6) is -1.32. The van der Waals surface area contributed by atoms with Crippen molar-refractivity contribution >= 4 is 17.5 Å². The molecule has 3 rings (SSSR count). The molecule has 0 aliphatic heterocycles. The SMILES string of the molecule is CC(Sc1nnc(-c2ccc(C(C)C)cc2)o1)C(=O)c1ccc(F)cc1F. The Kier molecular flexibility index (Phi) is 5.70. The summed E-state index contributed by atoms with van der Waals surface area (Å²) in [4.78, 5) is 12.4. The Morgan fingerprint density at radius 1 is 1.04 bits per heavy atom. The van der Waals surface area contributed by atoms with Gasteiger partial charge in [0, 0.05) is 11.6 Å². The molecule has 0 amide bonds. The molecule has 27 heavy (non-hydrogen) atoms. The lowest BCUT2D eigenvalue weighted by Crippen LogP contribution is -2.15. The Hall–Kier alpha value is -2.54. The summed E-state index contributed by atoms with van der Waals surface area (Å²) in [6, 6.07) is 10.7. The first kappa shape index (κ1) is 19.2. The molecule has 7 heteroatoms. The number of carbonyl (C=O) groups excluding carboxylic acids is 1. The van der Waals surface area contributed by atoms with Gasteiger partial charge in [-0.15, -0.1) is 10.2 Å². The van der Waals surface area contributed by atoms with E-state index in [1.807, 2.05) is 24.3 Å². The van der Waals surface area contributed by atoms with Crippen molar-refractivity contribution in [3.63, 3.8) is 0 Å². The fourth-order valence-corrected chi connectivity index (χ4v) is 3.25. The Balaban J connectivity index is 1.72. The van der Waals surface area contributed by atoms with Crippen LogP contribution >= 0.6 is 11.8 Å². The maximum atomic E-state index is 13.8. The first-order valence-corrected chi connectivity index (χ1v) is 9.33. The summed E-state index contributed by atoms with van der Waals surface area (Å²) in [7, 11) is 0. The molecule has 0 aliphatic carbocycles. The number of nitrogens with zero attached hydrogens (tertiary/aromatic N) is 2. The van der Waals surface area contributed by atoms with Crippen molar-refractivity contribution in [3.8, 4) is 11.5 Å². The molecule has 0 saturated heterocycles. The van der Waals surface area contributed by atoms with Crippen molar-refractivity contribution in [2.45, 2.75) is 37.2 Å². The molecule has 0 saturated carbocycles. The standard InChI is InChI=1S/C20H18F2N2O2S/c1-11(2)13-4-6-14(7-5-13)19-23-24-20(26-19)27-12(3)18(25)16-9-8-15(21)10-17(16)22/h4-12H,1-3H3. The summed E-state index contributed by atoms with van der Waals surface area (Å²) in [5.41, 5.74) is 1.82. The van der Waals surface area contributed by atoms with Crippen LogP contribution in [0.25, 0.3) is 11.5 Å². The minimum Gasteiger partial charge on any atom is -0.411 e. The van der Waals surface area contributed by atoms with E-state index in [2.05, 4.69) is 24.0 Å². The van der Waals surface area contributed by atoms with E-state index < -0.39 is 22.7 Å². The number of thioether (sulfide) groups is 1. The zero-order valence-corrected chi connectivity index (χ0v) is 15.9. The smallest absolute Gasteiger partial charge is 0.277 e. The molecule has 0 spiro atoms. The number of rotatable bonds is 6. The number of halogens is 2. The van der Waals surface area contributed by atoms with Crippen molar-refractivity contribution in [3.05, 3.63) is 65.2 Å². The van der Waals surface area contributed by atoms with Crippen molar-refractivity contribution in [2.75, 3.05) is 0 Å². The maximum Gasteiger partial charge on any atom is 0.277 e. The molecule has 1 unspecified atom stereocenters. The summed E-state index contributed by atoms with van der Waals surface area (Å²) in [6.07, 6.45) is 0. The van der Waals surface area contributed by atoms with Crippen LogP contribution in [0.4, 0.5) is 8.78 Å². The lowest BCUT2D eigenvalue weighted by Gasteiger charge is -2.08. The minimum absolute atomic E-state index is 0.166. The monoisotopic (exact) mass is 388 g/mol. The molecule has 0 fully saturated rings. The molecule has 0 aliphatic rings. The third-order valence-corrected chi connectivity index (χ3v) is 5.01. The molecule has 2 aromatic carbocycles. The van der Waals surface area contributed by atoms with E-state index in [9.17, 15) is 13.6 Å². The van der Waals surface area contributed by atoms with Gasteiger partial charge in [0.1, 0.15) is 11.6 Å². The molecule has 1 atom stereocenters. The van der Waals surface area contributed by atoms with Gasteiger partial charge >= 0.3 is 0 Å². The number of Topliss-reactive ketones (excluding diaryl/α,β-unsaturated/α-hetero) is 1. The Bertz CT molecular complexity index is 955. The van der Waals surface area contributed by atoms with Gasteiger partial charge in [0.2, 0.25) is 5.89 Å². The molecule has 1 aromatic heterocycles. The average molecular weight is 388 g/mol. The predicted molar refractivity (Wildman–Crippen MR) is 99.8 cm³/mol. The van der Waals surface area contributed by atoms with Crippen molar-refractivity contribution in [1.29, 1.82) is 0 Å². The molecular formula is C20H18F2N2O2S. The van der Waals surface area contributed by atoms with Crippen LogP contribution in [0.1, 0.15) is 42.6 Å². The van der Waals surface area contributed by atoms with Gasteiger partial charge in [0.15, 0.2) is 5.78 Å². The fourth-order valence-electron chi connectivity index (χ4n) is 2.50. The zero-order valence-electron chi connectivity index (χ0n) is 15.1. The highest BCUT2D eigenvalue weighted by Crippen LogP contribution is 2.29. The predicted octanol–water partition coefficient (Wildman–Crippen LogP) is 5.50. The first-order chi connectivity index (χ1) is 12.8. The lowest BCUT2D eigenvalue weighted by atomic mass is 10.0. The maximum absolute atomic E-state index is 13.8. The second-order valence-electron chi connectivity index (χ2n) is 6.40. The van der Waals surface area contributed by atoms with Gasteiger partial charge in [0.05, 0.1) is 10.8 Å². The molecule has 0 N–H and O–H groups in total. The van der Waals surface area contributed by atoms with E-state index in [0.29, 0.717) is 17.9 Å². The molecular weight excluding hydrogens is 370 g/mol. The van der Waals surface area contributed by atoms with Gasteiger partial charge in [-0.3, -0.25) is 4.79 Å². The third kappa shape index (κ3) is 4.42. The third-order valence-electron chi connectivity index (χ3n) is 4.07. The van der Waals surface area contributed by atoms with Crippen LogP contribution in [-0.4, -0.2) is 21.2 Å². The normalized spacial score (nSPS) is 12.4. The zero-order chi connectivity index (χ0) is 19.6. The number of benzene rings is 2. The van der Waals surface area contributed by atoms with Crippen LogP contribution < -0.4 is 0 Å². The minimum atomic E-state index is -0.885. The quantitative estimate of drug-likeness (QED) is 0.412. The first-order valence-electron chi connectivity index (χ1n) is 8.45. The van der Waals surface area contributed by atoms with Crippen LogP contribution in [0.2, 0.25) is 0 Å². The molecule has 3 aromatic rings. The van der Waals surface area contributed by atoms with Gasteiger partial charge < -0.3 is 4.42 Å². The van der Waals surface area contributed by atoms with Crippen LogP contribution in [0.3, 0.4) is 0 Å². The second kappa shape index (κ2) is 8.00. The highest BCUT2D eigenvalue weighted by atomic mass is 32.2. The van der Waals surface area contributed by atoms with E-state index >= 15 is 0 Å². The number of hydrogen-bond donors (Lipinski definition) is 0. The van der Waals surface area contributed by atoms with Gasteiger partial charge in [0.25, 0.3) is 5.22 Å². The summed E-state index contributed by atoms with van der Waals surface area (Å²) in [6.45, 7) is 5.83. The number of aromatic nitrogens is 2. The fraction of sp³-hybridized carbons (Fsp3) is 0.250. The van der Waals surface area contributed by atoms with Crippen LogP contribution in [0.15, 0.2) is 52.1 Å². The van der Waals surface area contributed by atoms with Gasteiger partial charge in [-0.2, -0.15) is 0 Å². The molecule has 0 bridgehead atoms. The number of ketones is 1. The Labute approximate surface area is 160 Å². The number of hydrogen-bond acceptors (Lipinski definition) is 5. The molecule has 0 radical (unpaired) electrons. The second-order valence-corrected chi connectivity index (χ2v) is 7.69. The lowest BCUT2D eigenvalue weighted by molar-refractivity contribution is 0.0989. The van der Waals surface area contributed by atoms with Crippen LogP contribution in [0, 0.1) is 11.6 Å². The van der Waals surface area contributed by atoms with Crippen LogP contribution in [-0.2, 0) is 0 Å². The van der Waals surface area contributed by atoms with E-state index in [0.717, 1.165) is 29.5 Å². The van der Waals surface area contributed by atoms with Crippen molar-refractivity contribution in [2.24, 2.45) is 0 Å². The number of carbonyl (C=O) groups is 1. The summed E-state index contributed by atoms with van der Waals surface area (Å²) in [5, 5.41) is 7.49. The van der Waals surface area contributed by atoms with E-state index in [-0.39, 0.29) is 10.8 Å². The van der Waals surface area contributed by atoms with E-state index in [1.165, 1.54) is 5.56 Å². The topological polar surface area (TPSA) is 56.0 Å². The van der Waals surface area contributed by atoms with Crippen molar-refractivity contribution in [1.82, 2.24) is 10.2 Å². The summed E-state index contributed by atoms with van der Waals surface area (Å²) >= 11 is 1.03. The highest BCUT2D eigenvalue weighted by Gasteiger charge is 2.23. The Morgan fingerprint density at radius 2 is 1.74 bits per heavy atom. The summed E-state index contributed by atoms with van der Waals surface area (Å²) < 4.78 is 32.4. The largest absolute Gasteiger partial charge is 0.411 e. The van der Waals surface area contributed by atoms with E-state index in [4.69, 9.17) is 4.42 Å². The van der Waals surface area contributed by atoms with E-state index in [1.54, 1.807) is 6.92 Å². The van der Waals surface area contributed by atoms with Crippen LogP contribution in [0.5, 0.6) is 0 Å². The Morgan fingerprint density at radius 3 is 2.37 bits per heavy atom. The molecule has 4 nitrogen and oxygen atoms in total. The average Bonchev–Trinajstić information content (AvgIpc) is 3.09. The van der Waals surface area contributed by atoms with Gasteiger partial charge in [-0.05, 0) is 42.7 Å². The highest BCUT2D eigenvalue weighted by molar-refractivity contribution is 8.00. The molecule has 1 heterocycles. The van der Waals surface area contributed by atoms with Gasteiger partial charge in [-0.25, -0.2) is 8.78 Å². The van der Waals surface area contributed by atoms with Gasteiger partial charge in [-0.1, -0.05) is 37.7 Å².